The summed E-state index contributed by atoms with van der Waals surface area (Å²) in [4.78, 5) is 19.1. The van der Waals surface area contributed by atoms with Gasteiger partial charge in [-0.2, -0.15) is 5.26 Å². The standard InChI is InChI=1S/C12H21NO2.C12H25NO.C11H18N2O/c1-10-3-2-6-13(9-10)12(14)11-4-7-15-8-5-11;1-10(14)9-13-7-5-11(6-8-13)12(2,3)4;1-10-2-6-13(7-3-10)11(4-5-12)8-14-9-11/h10-11H,2-9H2,1H3;10-11,14H,5-9H2,1-4H3;10H,2-4,6-9H2,1H3/t10-;;/m1../s1. The average Bonchev–Trinajstić information content (AvgIpc) is 2.96. The highest BCUT2D eigenvalue weighted by atomic mass is 16.5. The molecule has 0 radical (unpaired) electrons. The van der Waals surface area contributed by atoms with Crippen LogP contribution in [-0.4, -0.2) is 110 Å². The van der Waals surface area contributed by atoms with E-state index >= 15 is 0 Å². The highest BCUT2D eigenvalue weighted by molar-refractivity contribution is 5.79. The Morgan fingerprint density at radius 1 is 0.930 bits per heavy atom. The van der Waals surface area contributed by atoms with Gasteiger partial charge in [-0.25, -0.2) is 0 Å². The highest BCUT2D eigenvalue weighted by Gasteiger charge is 2.44. The van der Waals surface area contributed by atoms with Crippen molar-refractivity contribution < 1.29 is 19.4 Å². The van der Waals surface area contributed by atoms with Gasteiger partial charge in [-0.3, -0.25) is 9.69 Å². The molecule has 8 heteroatoms. The van der Waals surface area contributed by atoms with Crippen LogP contribution in [0.2, 0.25) is 0 Å². The minimum atomic E-state index is -0.179. The monoisotopic (exact) mass is 604 g/mol. The van der Waals surface area contributed by atoms with Crippen LogP contribution < -0.4 is 0 Å². The molecule has 5 fully saturated rings. The Hall–Kier alpha value is -1.24. The number of likely N-dealkylation sites (tertiary alicyclic amines) is 3. The van der Waals surface area contributed by atoms with Crippen LogP contribution in [0.15, 0.2) is 0 Å². The lowest BCUT2D eigenvalue weighted by atomic mass is 9.75. The van der Waals surface area contributed by atoms with E-state index in [-0.39, 0.29) is 17.6 Å². The maximum Gasteiger partial charge on any atom is 0.225 e. The summed E-state index contributed by atoms with van der Waals surface area (Å²) in [5, 5.41) is 18.1. The van der Waals surface area contributed by atoms with Crippen molar-refractivity contribution in [2.24, 2.45) is 29.1 Å². The van der Waals surface area contributed by atoms with Gasteiger partial charge in [0.15, 0.2) is 0 Å². The van der Waals surface area contributed by atoms with Crippen LogP contribution in [0.25, 0.3) is 0 Å². The summed E-state index contributed by atoms with van der Waals surface area (Å²) in [5.41, 5.74) is 0.534. The van der Waals surface area contributed by atoms with E-state index in [2.05, 4.69) is 55.4 Å². The maximum atomic E-state index is 12.2. The molecular weight excluding hydrogens is 540 g/mol. The van der Waals surface area contributed by atoms with Crippen LogP contribution in [-0.2, 0) is 14.3 Å². The quantitative estimate of drug-likeness (QED) is 0.462. The Labute approximate surface area is 263 Å². The number of carbonyl (C=O) groups excluding carboxylic acids is 1. The lowest BCUT2D eigenvalue weighted by Gasteiger charge is -2.50. The summed E-state index contributed by atoms with van der Waals surface area (Å²) in [6.45, 7) is 23.9. The molecule has 0 bridgehead atoms. The molecule has 0 aromatic rings. The predicted molar refractivity (Wildman–Crippen MR) is 173 cm³/mol. The maximum absolute atomic E-state index is 12.2. The second-order valence-electron chi connectivity index (χ2n) is 15.4. The summed E-state index contributed by atoms with van der Waals surface area (Å²) in [6, 6.07) is 2.30. The third-order valence-corrected chi connectivity index (χ3v) is 10.5. The SMILES string of the molecule is CC(O)CN1CCC(C(C)(C)C)CC1.CC1CCN(C2(CC#N)COC2)CC1.C[C@@H]1CCCN(C(=O)C2CCOCC2)C1. The van der Waals surface area contributed by atoms with E-state index in [9.17, 15) is 9.90 Å². The number of ether oxygens (including phenoxy) is 2. The molecule has 5 aliphatic rings. The van der Waals surface area contributed by atoms with Gasteiger partial charge in [-0.1, -0.05) is 34.6 Å². The number of β-amino-alcohol motifs (C(OH)–C–C–N with tert-alkyl or cyclic N) is 1. The van der Waals surface area contributed by atoms with Crippen LogP contribution in [0.5, 0.6) is 0 Å². The van der Waals surface area contributed by atoms with E-state index in [1.54, 1.807) is 0 Å². The van der Waals surface area contributed by atoms with Crippen molar-refractivity contribution in [3.05, 3.63) is 0 Å². The van der Waals surface area contributed by atoms with Crippen LogP contribution in [0.4, 0.5) is 0 Å². The number of hydrogen-bond acceptors (Lipinski definition) is 7. The van der Waals surface area contributed by atoms with Crippen molar-refractivity contribution in [3.63, 3.8) is 0 Å². The molecule has 43 heavy (non-hydrogen) atoms. The van der Waals surface area contributed by atoms with Gasteiger partial charge >= 0.3 is 0 Å². The molecule has 2 atom stereocenters. The smallest absolute Gasteiger partial charge is 0.225 e. The Bertz CT molecular complexity index is 843. The molecule has 0 aromatic heterocycles. The largest absolute Gasteiger partial charge is 0.392 e. The van der Waals surface area contributed by atoms with Crippen LogP contribution in [0, 0.1) is 40.4 Å². The Morgan fingerprint density at radius 2 is 1.56 bits per heavy atom. The Morgan fingerprint density at radius 3 is 2.05 bits per heavy atom. The molecule has 1 amide bonds. The summed E-state index contributed by atoms with van der Waals surface area (Å²) in [7, 11) is 0. The number of aliphatic hydroxyl groups excluding tert-OH is 1. The van der Waals surface area contributed by atoms with Gasteiger partial charge in [-0.15, -0.1) is 0 Å². The van der Waals surface area contributed by atoms with Crippen LogP contribution in [0.1, 0.15) is 99.3 Å². The minimum absolute atomic E-state index is 0.0783. The molecule has 8 nitrogen and oxygen atoms in total. The molecule has 1 unspecified atom stereocenters. The van der Waals surface area contributed by atoms with Crippen LogP contribution >= 0.6 is 0 Å². The average molecular weight is 605 g/mol. The number of piperidine rings is 3. The van der Waals surface area contributed by atoms with Crippen molar-refractivity contribution in [1.29, 1.82) is 5.26 Å². The van der Waals surface area contributed by atoms with Crippen molar-refractivity contribution in [2.45, 2.75) is 111 Å². The van der Waals surface area contributed by atoms with Gasteiger partial charge in [0.25, 0.3) is 0 Å². The third-order valence-electron chi connectivity index (χ3n) is 10.5. The van der Waals surface area contributed by atoms with E-state index < -0.39 is 0 Å². The second kappa shape index (κ2) is 17.5. The van der Waals surface area contributed by atoms with E-state index in [0.717, 1.165) is 96.9 Å². The predicted octanol–water partition coefficient (Wildman–Crippen LogP) is 5.20. The molecule has 5 aliphatic heterocycles. The zero-order valence-electron chi connectivity index (χ0n) is 28.5. The molecule has 248 valence electrons. The Balaban J connectivity index is 0.000000177. The lowest BCUT2D eigenvalue weighted by molar-refractivity contribution is -0.145. The van der Waals surface area contributed by atoms with Crippen molar-refractivity contribution in [3.8, 4) is 6.07 Å². The minimum Gasteiger partial charge on any atom is -0.392 e. The first-order valence-corrected chi connectivity index (χ1v) is 17.4. The van der Waals surface area contributed by atoms with Gasteiger partial charge in [0, 0.05) is 38.8 Å². The van der Waals surface area contributed by atoms with Gasteiger partial charge in [0.2, 0.25) is 5.91 Å². The van der Waals surface area contributed by atoms with Gasteiger partial charge in [0.1, 0.15) is 0 Å². The van der Waals surface area contributed by atoms with Crippen molar-refractivity contribution in [2.75, 3.05) is 72.2 Å². The number of hydrogen-bond donors (Lipinski definition) is 1. The van der Waals surface area contributed by atoms with E-state index in [0.29, 0.717) is 23.7 Å². The van der Waals surface area contributed by atoms with E-state index in [4.69, 9.17) is 14.7 Å². The van der Waals surface area contributed by atoms with Gasteiger partial charge < -0.3 is 24.4 Å². The number of aliphatic hydroxyl groups is 1. The first kappa shape index (κ1) is 36.2. The molecule has 5 saturated heterocycles. The molecule has 0 aromatic carbocycles. The number of amides is 1. The molecule has 0 saturated carbocycles. The number of rotatable bonds is 5. The Kier molecular flexibility index (Phi) is 14.7. The number of carbonyl (C=O) groups is 1. The summed E-state index contributed by atoms with van der Waals surface area (Å²) >= 11 is 0. The van der Waals surface area contributed by atoms with E-state index in [1.807, 2.05) is 6.92 Å². The molecule has 1 N–H and O–H groups in total. The first-order chi connectivity index (χ1) is 20.4. The van der Waals surface area contributed by atoms with Crippen molar-refractivity contribution >= 4 is 5.91 Å². The molecule has 5 rings (SSSR count). The fourth-order valence-electron chi connectivity index (χ4n) is 7.31. The number of nitrogens with zero attached hydrogens (tertiary/aromatic N) is 4. The summed E-state index contributed by atoms with van der Waals surface area (Å²) in [5.74, 6) is 3.01. The zero-order valence-corrected chi connectivity index (χ0v) is 28.5. The fraction of sp³-hybridized carbons (Fsp3) is 0.943. The normalized spacial score (nSPS) is 27.0. The molecule has 0 aliphatic carbocycles. The number of nitriles is 1. The van der Waals surface area contributed by atoms with Crippen molar-refractivity contribution in [1.82, 2.24) is 14.7 Å². The third kappa shape index (κ3) is 11.6. The fourth-order valence-corrected chi connectivity index (χ4v) is 7.31. The summed E-state index contributed by atoms with van der Waals surface area (Å²) < 4.78 is 10.6. The lowest BCUT2D eigenvalue weighted by Crippen LogP contribution is -2.63. The summed E-state index contributed by atoms with van der Waals surface area (Å²) in [6.07, 6.45) is 9.86. The van der Waals surface area contributed by atoms with E-state index in [1.165, 1.54) is 38.5 Å². The van der Waals surface area contributed by atoms with Crippen LogP contribution in [0.3, 0.4) is 0 Å². The second-order valence-corrected chi connectivity index (χ2v) is 15.4. The topological polar surface area (TPSA) is 89.3 Å². The van der Waals surface area contributed by atoms with Gasteiger partial charge in [0.05, 0.1) is 37.3 Å². The molecular formula is C35H64N4O4. The van der Waals surface area contributed by atoms with Gasteiger partial charge in [-0.05, 0) is 108 Å². The molecule has 5 heterocycles. The highest BCUT2D eigenvalue weighted by Crippen LogP contribution is 2.34. The first-order valence-electron chi connectivity index (χ1n) is 17.4. The zero-order chi connectivity index (χ0) is 31.5. The molecule has 0 spiro atoms.